The maximum Gasteiger partial charge on any atom is 0.259 e. The Morgan fingerprint density at radius 2 is 1.82 bits per heavy atom. The van der Waals surface area contributed by atoms with Crippen LogP contribution in [-0.4, -0.2) is 26.0 Å². The molecule has 0 aliphatic carbocycles. The third-order valence-corrected chi connectivity index (χ3v) is 5.57. The number of aromatic hydroxyl groups is 1. The third-order valence-electron chi connectivity index (χ3n) is 5.57. The Kier molecular flexibility index (Phi) is 6.74. The van der Waals surface area contributed by atoms with E-state index in [1.54, 1.807) is 24.4 Å². The lowest BCUT2D eigenvalue weighted by Crippen LogP contribution is -2.30. The molecule has 33 heavy (non-hydrogen) atoms. The minimum absolute atomic E-state index is 0.00636. The maximum absolute atomic E-state index is 13.2. The normalized spacial score (nSPS) is 11.7. The lowest BCUT2D eigenvalue weighted by atomic mass is 9.89. The molecule has 2 N–H and O–H groups in total. The average Bonchev–Trinajstić information content (AvgIpc) is 2.87. The number of aryl methyl sites for hydroxylation is 1. The van der Waals surface area contributed by atoms with Gasteiger partial charge in [0.1, 0.15) is 11.3 Å². The van der Waals surface area contributed by atoms with Crippen molar-refractivity contribution in [2.24, 2.45) is 0 Å². The summed E-state index contributed by atoms with van der Waals surface area (Å²) in [5.74, 6) is -0.591. The number of carbonyl (C=O) groups is 1. The van der Waals surface area contributed by atoms with Crippen molar-refractivity contribution < 1.29 is 9.90 Å². The number of carbonyl (C=O) groups excluding carboxylic acids is 1. The van der Waals surface area contributed by atoms with Crippen LogP contribution in [0.4, 0.5) is 0 Å². The fraction of sp³-hybridized carbons (Fsp3) is 0.185. The number of amides is 1. The van der Waals surface area contributed by atoms with Crippen molar-refractivity contribution in [3.05, 3.63) is 107 Å². The summed E-state index contributed by atoms with van der Waals surface area (Å²) in [6, 6.07) is 21.9. The lowest BCUT2D eigenvalue weighted by molar-refractivity contribution is 0.0939. The first-order chi connectivity index (χ1) is 16.1. The van der Waals surface area contributed by atoms with E-state index in [0.717, 1.165) is 29.5 Å². The molecule has 0 bridgehead atoms. The smallest absolute Gasteiger partial charge is 0.259 e. The molecule has 1 radical (unpaired) electrons. The molecular formula is C27H25N4O2. The van der Waals surface area contributed by atoms with Crippen molar-refractivity contribution >= 4 is 5.91 Å². The zero-order valence-corrected chi connectivity index (χ0v) is 18.6. The second-order valence-corrected chi connectivity index (χ2v) is 7.56. The van der Waals surface area contributed by atoms with Crippen molar-refractivity contribution in [1.29, 1.82) is 0 Å². The molecule has 0 saturated carbocycles. The number of rotatable bonds is 7. The standard InChI is InChI=1S/C27H25N4O2/c1-3-18-13-10-14-21(20(18)4-2)24(19-11-6-5-7-12-19)30-26(32)22-17-29-25(31-27(22)33)23-15-8-9-16-28-23/h5-12,14-17,24H,3-4H2,1-2H3,(H,30,32)(H,29,31,33). The molecule has 0 aliphatic rings. The van der Waals surface area contributed by atoms with Gasteiger partial charge in [-0.3, -0.25) is 9.78 Å². The van der Waals surface area contributed by atoms with Crippen LogP contribution < -0.4 is 5.32 Å². The van der Waals surface area contributed by atoms with Crippen molar-refractivity contribution in [2.45, 2.75) is 32.7 Å². The highest BCUT2D eigenvalue weighted by Crippen LogP contribution is 2.29. The van der Waals surface area contributed by atoms with Crippen LogP contribution in [0.1, 0.15) is 52.5 Å². The van der Waals surface area contributed by atoms with Crippen LogP contribution in [0.5, 0.6) is 5.88 Å². The minimum atomic E-state index is -0.457. The summed E-state index contributed by atoms with van der Waals surface area (Å²) in [5.41, 5.74) is 4.78. The van der Waals surface area contributed by atoms with Gasteiger partial charge in [-0.2, -0.15) is 4.98 Å². The van der Waals surface area contributed by atoms with E-state index in [0.29, 0.717) is 5.69 Å². The van der Waals surface area contributed by atoms with Gasteiger partial charge in [0, 0.05) is 12.4 Å². The summed E-state index contributed by atoms with van der Waals surface area (Å²) < 4.78 is 0. The quantitative estimate of drug-likeness (QED) is 0.438. The molecule has 2 heterocycles. The molecule has 0 saturated heterocycles. The van der Waals surface area contributed by atoms with Gasteiger partial charge in [-0.25, -0.2) is 4.98 Å². The van der Waals surface area contributed by atoms with Gasteiger partial charge in [-0.05, 0) is 53.3 Å². The van der Waals surface area contributed by atoms with Gasteiger partial charge in [0.25, 0.3) is 5.91 Å². The second-order valence-electron chi connectivity index (χ2n) is 7.56. The van der Waals surface area contributed by atoms with Crippen molar-refractivity contribution in [1.82, 2.24) is 20.3 Å². The van der Waals surface area contributed by atoms with E-state index in [1.165, 1.54) is 11.8 Å². The highest BCUT2D eigenvalue weighted by Gasteiger charge is 2.23. The van der Waals surface area contributed by atoms with Gasteiger partial charge in [0.15, 0.2) is 5.82 Å². The molecule has 0 aliphatic heterocycles. The molecule has 6 nitrogen and oxygen atoms in total. The van der Waals surface area contributed by atoms with Gasteiger partial charge in [0.2, 0.25) is 5.88 Å². The van der Waals surface area contributed by atoms with E-state index >= 15 is 0 Å². The Balaban J connectivity index is 1.70. The number of hydrogen-bond acceptors (Lipinski definition) is 5. The number of benzene rings is 2. The molecule has 165 valence electrons. The number of hydrogen-bond donors (Lipinski definition) is 2. The first-order valence-electron chi connectivity index (χ1n) is 11.0. The summed E-state index contributed by atoms with van der Waals surface area (Å²) in [6.45, 7) is 4.20. The number of nitrogens with one attached hydrogen (secondary N) is 1. The van der Waals surface area contributed by atoms with Gasteiger partial charge >= 0.3 is 0 Å². The summed E-state index contributed by atoms with van der Waals surface area (Å²) in [6.07, 6.45) is 4.63. The molecule has 4 aromatic rings. The van der Waals surface area contributed by atoms with Gasteiger partial charge in [-0.1, -0.05) is 62.4 Å². The van der Waals surface area contributed by atoms with E-state index in [2.05, 4.69) is 40.2 Å². The lowest BCUT2D eigenvalue weighted by Gasteiger charge is -2.24. The maximum atomic E-state index is 13.2. The zero-order chi connectivity index (χ0) is 23.2. The van der Waals surface area contributed by atoms with Crippen molar-refractivity contribution in [3.63, 3.8) is 0 Å². The first-order valence-corrected chi connectivity index (χ1v) is 11.0. The Bertz CT molecular complexity index is 1240. The summed E-state index contributed by atoms with van der Waals surface area (Å²) in [5, 5.41) is 13.6. The highest BCUT2D eigenvalue weighted by molar-refractivity contribution is 5.96. The monoisotopic (exact) mass is 437 g/mol. The Morgan fingerprint density at radius 3 is 2.48 bits per heavy atom. The minimum Gasteiger partial charge on any atom is -0.493 e. The SMILES string of the molecule is CCc1[c]ccc(C(NC(=O)c2cnc(-c3ccccn3)nc2O)c2ccccc2)c1CC. The molecule has 1 atom stereocenters. The molecule has 2 aromatic heterocycles. The van der Waals surface area contributed by atoms with Crippen LogP contribution in [0.3, 0.4) is 0 Å². The van der Waals surface area contributed by atoms with E-state index < -0.39 is 11.9 Å². The van der Waals surface area contributed by atoms with Crippen LogP contribution in [0.2, 0.25) is 0 Å². The summed E-state index contributed by atoms with van der Waals surface area (Å²) in [7, 11) is 0. The van der Waals surface area contributed by atoms with E-state index in [-0.39, 0.29) is 17.3 Å². The van der Waals surface area contributed by atoms with E-state index in [4.69, 9.17) is 0 Å². The van der Waals surface area contributed by atoms with Crippen molar-refractivity contribution in [2.75, 3.05) is 0 Å². The number of pyridine rings is 1. The zero-order valence-electron chi connectivity index (χ0n) is 18.6. The van der Waals surface area contributed by atoms with Crippen LogP contribution in [0.25, 0.3) is 11.5 Å². The molecule has 1 amide bonds. The van der Waals surface area contributed by atoms with Gasteiger partial charge in [-0.15, -0.1) is 0 Å². The molecule has 1 unspecified atom stereocenters. The summed E-state index contributed by atoms with van der Waals surface area (Å²) >= 11 is 0. The second kappa shape index (κ2) is 10.0. The van der Waals surface area contributed by atoms with Crippen LogP contribution in [-0.2, 0) is 12.8 Å². The largest absolute Gasteiger partial charge is 0.493 e. The molecule has 6 heteroatoms. The van der Waals surface area contributed by atoms with E-state index in [9.17, 15) is 9.90 Å². The number of nitrogens with zero attached hydrogens (tertiary/aromatic N) is 3. The fourth-order valence-corrected chi connectivity index (χ4v) is 3.94. The van der Waals surface area contributed by atoms with Crippen LogP contribution >= 0.6 is 0 Å². The molecule has 2 aromatic carbocycles. The predicted octanol–water partition coefficient (Wildman–Crippen LogP) is 4.69. The van der Waals surface area contributed by atoms with Crippen molar-refractivity contribution in [3.8, 4) is 17.4 Å². The third kappa shape index (κ3) is 4.75. The Labute approximate surface area is 193 Å². The molecule has 0 fully saturated rings. The Hall–Kier alpha value is -4.06. The predicted molar refractivity (Wildman–Crippen MR) is 127 cm³/mol. The average molecular weight is 438 g/mol. The highest BCUT2D eigenvalue weighted by atomic mass is 16.3. The van der Waals surface area contributed by atoms with Crippen LogP contribution in [0.15, 0.2) is 73.1 Å². The molecule has 4 rings (SSSR count). The van der Waals surface area contributed by atoms with E-state index in [1.807, 2.05) is 42.5 Å². The Morgan fingerprint density at radius 1 is 1.03 bits per heavy atom. The summed E-state index contributed by atoms with van der Waals surface area (Å²) in [4.78, 5) is 25.8. The molecule has 0 spiro atoms. The van der Waals surface area contributed by atoms with Gasteiger partial charge < -0.3 is 10.4 Å². The topological polar surface area (TPSA) is 88.0 Å². The van der Waals surface area contributed by atoms with Gasteiger partial charge in [0.05, 0.1) is 6.04 Å². The van der Waals surface area contributed by atoms with Crippen LogP contribution in [0, 0.1) is 6.07 Å². The first kappa shape index (κ1) is 22.1. The fourth-order valence-electron chi connectivity index (χ4n) is 3.94. The molecular weight excluding hydrogens is 412 g/mol. The number of aromatic nitrogens is 3.